The number of nitrogens with zero attached hydrogens (tertiary/aromatic N) is 1. The molecule has 3 rings (SSSR count). The molecule has 0 radical (unpaired) electrons. The Labute approximate surface area is 114 Å². The Morgan fingerprint density at radius 1 is 1.30 bits per heavy atom. The largest absolute Gasteiger partial charge is 0.396 e. The van der Waals surface area contributed by atoms with Crippen molar-refractivity contribution in [3.8, 4) is 0 Å². The molecule has 2 fully saturated rings. The van der Waals surface area contributed by atoms with Crippen molar-refractivity contribution in [1.29, 1.82) is 0 Å². The molecule has 2 saturated carbocycles. The van der Waals surface area contributed by atoms with Crippen LogP contribution in [0.2, 0.25) is 0 Å². The molecule has 0 unspecified atom stereocenters. The van der Waals surface area contributed by atoms with Crippen molar-refractivity contribution in [3.63, 3.8) is 0 Å². The molecule has 1 aromatic heterocycles. The highest BCUT2D eigenvalue weighted by molar-refractivity contribution is 5.11. The predicted molar refractivity (Wildman–Crippen MR) is 69.3 cm³/mol. The van der Waals surface area contributed by atoms with Crippen LogP contribution in [0.5, 0.6) is 0 Å². The summed E-state index contributed by atoms with van der Waals surface area (Å²) in [6, 6.07) is -0.555. The first-order valence-corrected chi connectivity index (χ1v) is 6.74. The van der Waals surface area contributed by atoms with E-state index in [1.165, 1.54) is 10.8 Å². The zero-order valence-electron chi connectivity index (χ0n) is 11.1. The van der Waals surface area contributed by atoms with E-state index in [9.17, 15) is 24.9 Å². The SMILES string of the molecule is Cc1cn([C@H]2[C@H](O)[C@@H]3C[C@H]2[C@@H](O)[C@@H]3CO)c(=O)[nH]c1=O. The second-order valence-electron chi connectivity index (χ2n) is 5.86. The molecule has 7 nitrogen and oxygen atoms in total. The minimum atomic E-state index is -0.802. The molecule has 2 aliphatic rings. The Balaban J connectivity index is 2.03. The van der Waals surface area contributed by atoms with Crippen LogP contribution < -0.4 is 11.2 Å². The Morgan fingerprint density at radius 2 is 2.00 bits per heavy atom. The first-order valence-electron chi connectivity index (χ1n) is 6.74. The van der Waals surface area contributed by atoms with Crippen LogP contribution in [0.15, 0.2) is 15.8 Å². The number of rotatable bonds is 2. The van der Waals surface area contributed by atoms with E-state index in [2.05, 4.69) is 4.98 Å². The molecule has 0 aliphatic heterocycles. The molecule has 20 heavy (non-hydrogen) atoms. The lowest BCUT2D eigenvalue weighted by Gasteiger charge is -2.36. The summed E-state index contributed by atoms with van der Waals surface area (Å²) in [6.07, 6.45) is 0.459. The summed E-state index contributed by atoms with van der Waals surface area (Å²) in [4.78, 5) is 25.5. The van der Waals surface area contributed by atoms with E-state index >= 15 is 0 Å². The molecule has 6 atom stereocenters. The van der Waals surface area contributed by atoms with Gasteiger partial charge < -0.3 is 15.3 Å². The molecular weight excluding hydrogens is 264 g/mol. The highest BCUT2D eigenvalue weighted by atomic mass is 16.3. The summed E-state index contributed by atoms with van der Waals surface area (Å²) < 4.78 is 1.31. The van der Waals surface area contributed by atoms with Crippen LogP contribution in [0.1, 0.15) is 18.0 Å². The molecule has 0 spiro atoms. The average Bonchev–Trinajstić information content (AvgIpc) is 2.89. The van der Waals surface area contributed by atoms with Gasteiger partial charge in [-0.1, -0.05) is 0 Å². The number of fused-ring (bicyclic) bond motifs is 2. The number of aryl methyl sites for hydroxylation is 1. The average molecular weight is 282 g/mol. The van der Waals surface area contributed by atoms with E-state index in [0.29, 0.717) is 12.0 Å². The van der Waals surface area contributed by atoms with Crippen molar-refractivity contribution in [1.82, 2.24) is 9.55 Å². The van der Waals surface area contributed by atoms with E-state index in [0.717, 1.165) is 0 Å². The highest BCUT2D eigenvalue weighted by Crippen LogP contribution is 2.53. The Hall–Kier alpha value is -1.44. The van der Waals surface area contributed by atoms with E-state index in [1.54, 1.807) is 6.92 Å². The van der Waals surface area contributed by atoms with Crippen LogP contribution in [-0.4, -0.2) is 43.7 Å². The molecule has 0 amide bonds. The van der Waals surface area contributed by atoms with Crippen LogP contribution in [0.3, 0.4) is 0 Å². The van der Waals surface area contributed by atoms with Crippen molar-refractivity contribution >= 4 is 0 Å². The second-order valence-corrected chi connectivity index (χ2v) is 5.86. The lowest BCUT2D eigenvalue weighted by molar-refractivity contribution is -0.0543. The van der Waals surface area contributed by atoms with Crippen LogP contribution in [0.25, 0.3) is 0 Å². The van der Waals surface area contributed by atoms with Crippen LogP contribution in [-0.2, 0) is 0 Å². The second kappa shape index (κ2) is 4.54. The van der Waals surface area contributed by atoms with Gasteiger partial charge in [-0.2, -0.15) is 0 Å². The number of hydrogen-bond donors (Lipinski definition) is 4. The quantitative estimate of drug-likeness (QED) is 0.519. The molecule has 1 heterocycles. The molecule has 2 bridgehead atoms. The number of nitrogens with one attached hydrogen (secondary N) is 1. The van der Waals surface area contributed by atoms with Crippen LogP contribution in [0.4, 0.5) is 0 Å². The number of hydrogen-bond acceptors (Lipinski definition) is 5. The minimum absolute atomic E-state index is 0.175. The topological polar surface area (TPSA) is 116 Å². The Bertz CT molecular complexity index is 636. The fourth-order valence-electron chi connectivity index (χ4n) is 3.86. The van der Waals surface area contributed by atoms with Crippen molar-refractivity contribution in [3.05, 3.63) is 32.6 Å². The molecule has 1 aromatic rings. The predicted octanol–water partition coefficient (Wildman–Crippen LogP) is -1.63. The zero-order chi connectivity index (χ0) is 14.6. The molecule has 4 N–H and O–H groups in total. The van der Waals surface area contributed by atoms with Crippen molar-refractivity contribution < 1.29 is 15.3 Å². The zero-order valence-corrected chi connectivity index (χ0v) is 11.1. The van der Waals surface area contributed by atoms with Gasteiger partial charge >= 0.3 is 5.69 Å². The standard InChI is InChI=1S/C13H18N2O5/c1-5-3-15(13(20)14-12(5)19)9-7-2-6(11(9)18)8(4-16)10(7)17/h3,6-11,16-18H,2,4H2,1H3,(H,14,19,20)/t6-,7-,8-,9-,10-,11-/m1/s1. The maximum absolute atomic E-state index is 11.9. The first kappa shape index (κ1) is 13.5. The third-order valence-electron chi connectivity index (χ3n) is 4.88. The lowest BCUT2D eigenvalue weighted by Crippen LogP contribution is -2.47. The van der Waals surface area contributed by atoms with Gasteiger partial charge in [-0.3, -0.25) is 14.3 Å². The molecule has 7 heteroatoms. The summed E-state index contributed by atoms with van der Waals surface area (Å²) in [6.45, 7) is 1.41. The summed E-state index contributed by atoms with van der Waals surface area (Å²) >= 11 is 0. The van der Waals surface area contributed by atoms with Crippen molar-refractivity contribution in [2.45, 2.75) is 31.6 Å². The van der Waals surface area contributed by atoms with Crippen molar-refractivity contribution in [2.75, 3.05) is 6.61 Å². The maximum Gasteiger partial charge on any atom is 0.328 e. The van der Waals surface area contributed by atoms with Gasteiger partial charge in [0.05, 0.1) is 18.2 Å². The van der Waals surface area contributed by atoms with Gasteiger partial charge in [0.25, 0.3) is 5.56 Å². The Kier molecular flexibility index (Phi) is 3.07. The number of H-pyrrole nitrogens is 1. The maximum atomic E-state index is 11.9. The first-order chi connectivity index (χ1) is 9.45. The van der Waals surface area contributed by atoms with E-state index < -0.39 is 29.5 Å². The van der Waals surface area contributed by atoms with Gasteiger partial charge in [-0.25, -0.2) is 4.79 Å². The summed E-state index contributed by atoms with van der Waals surface area (Å²) in [5.41, 5.74) is -0.643. The smallest absolute Gasteiger partial charge is 0.328 e. The van der Waals surface area contributed by atoms with Gasteiger partial charge in [0.1, 0.15) is 0 Å². The molecule has 0 saturated heterocycles. The van der Waals surface area contributed by atoms with E-state index in [1.807, 2.05) is 0 Å². The van der Waals surface area contributed by atoms with Gasteiger partial charge in [-0.05, 0) is 19.3 Å². The molecule has 0 aromatic carbocycles. The molecule has 110 valence electrons. The highest BCUT2D eigenvalue weighted by Gasteiger charge is 2.58. The van der Waals surface area contributed by atoms with Crippen molar-refractivity contribution in [2.24, 2.45) is 17.8 Å². The minimum Gasteiger partial charge on any atom is -0.396 e. The lowest BCUT2D eigenvalue weighted by atomic mass is 9.82. The molecular formula is C13H18N2O5. The van der Waals surface area contributed by atoms with Crippen LogP contribution in [0, 0.1) is 24.7 Å². The number of aliphatic hydroxyl groups excluding tert-OH is 3. The fourth-order valence-corrected chi connectivity index (χ4v) is 3.86. The Morgan fingerprint density at radius 3 is 2.65 bits per heavy atom. The van der Waals surface area contributed by atoms with Gasteiger partial charge in [0.15, 0.2) is 0 Å². The third kappa shape index (κ3) is 1.70. The monoisotopic (exact) mass is 282 g/mol. The number of aromatic amines is 1. The van der Waals surface area contributed by atoms with Gasteiger partial charge in [0, 0.05) is 30.2 Å². The van der Waals surface area contributed by atoms with E-state index in [-0.39, 0.29) is 24.4 Å². The fraction of sp³-hybridized carbons (Fsp3) is 0.692. The van der Waals surface area contributed by atoms with Gasteiger partial charge in [0.2, 0.25) is 0 Å². The normalized spacial score (nSPS) is 39.4. The number of aromatic nitrogens is 2. The summed E-state index contributed by atoms with van der Waals surface area (Å²) in [5, 5.41) is 29.8. The van der Waals surface area contributed by atoms with E-state index in [4.69, 9.17) is 0 Å². The molecule has 2 aliphatic carbocycles. The summed E-state index contributed by atoms with van der Waals surface area (Å²) in [5.74, 6) is -0.843. The van der Waals surface area contributed by atoms with Crippen LogP contribution >= 0.6 is 0 Å². The third-order valence-corrected chi connectivity index (χ3v) is 4.88. The van der Waals surface area contributed by atoms with Gasteiger partial charge in [-0.15, -0.1) is 0 Å². The number of aliphatic hydroxyl groups is 3. The summed E-state index contributed by atoms with van der Waals surface area (Å²) in [7, 11) is 0.